The summed E-state index contributed by atoms with van der Waals surface area (Å²) < 4.78 is 0. The van der Waals surface area contributed by atoms with Gasteiger partial charge in [0.2, 0.25) is 6.71 Å². The van der Waals surface area contributed by atoms with Crippen LogP contribution in [0.25, 0.3) is 0 Å². The molecule has 0 amide bonds. The minimum Gasteiger partial charge on any atom is -0.312 e. The molecule has 0 fully saturated rings. The molecule has 30 heavy (non-hydrogen) atoms. The van der Waals surface area contributed by atoms with Gasteiger partial charge in [0, 0.05) is 17.1 Å². The third-order valence-corrected chi connectivity index (χ3v) is 6.36. The van der Waals surface area contributed by atoms with Crippen LogP contribution in [0.3, 0.4) is 0 Å². The largest absolute Gasteiger partial charge is 0.312 e. The number of fused-ring (bicyclic) bond motifs is 2. The van der Waals surface area contributed by atoms with E-state index in [9.17, 15) is 0 Å². The minimum absolute atomic E-state index is 0.236. The van der Waals surface area contributed by atoms with Gasteiger partial charge in [0.25, 0.3) is 0 Å². The lowest BCUT2D eigenvalue weighted by Crippen LogP contribution is -2.58. The molecule has 0 radical (unpaired) electrons. The summed E-state index contributed by atoms with van der Waals surface area (Å²) in [5.74, 6) is 0. The molecule has 0 saturated carbocycles. The first kappa shape index (κ1) is 18.8. The molecular formula is C28H26BN. The average molecular weight is 387 g/mol. The van der Waals surface area contributed by atoms with Gasteiger partial charge in [0.15, 0.2) is 0 Å². The Kier molecular flexibility index (Phi) is 4.51. The van der Waals surface area contributed by atoms with Crippen LogP contribution in [0.15, 0.2) is 84.9 Å². The Hall–Kier alpha value is -3.26. The molecule has 2 heteroatoms. The van der Waals surface area contributed by atoms with Crippen molar-refractivity contribution in [3.05, 3.63) is 107 Å². The maximum Gasteiger partial charge on any atom is 0.247 e. The van der Waals surface area contributed by atoms with Crippen LogP contribution in [0.1, 0.15) is 22.3 Å². The molecule has 0 aromatic heterocycles. The van der Waals surface area contributed by atoms with Crippen LogP contribution < -0.4 is 21.3 Å². The third-order valence-electron chi connectivity index (χ3n) is 6.36. The quantitative estimate of drug-likeness (QED) is 0.376. The van der Waals surface area contributed by atoms with Crippen molar-refractivity contribution in [1.82, 2.24) is 0 Å². The predicted molar refractivity (Wildman–Crippen MR) is 131 cm³/mol. The topological polar surface area (TPSA) is 3.24 Å². The van der Waals surface area contributed by atoms with E-state index in [-0.39, 0.29) is 6.71 Å². The first-order valence-electron chi connectivity index (χ1n) is 10.7. The van der Waals surface area contributed by atoms with Gasteiger partial charge in [-0.3, -0.25) is 0 Å². The molecule has 1 aliphatic rings. The third kappa shape index (κ3) is 2.95. The Bertz CT molecular complexity index is 1240. The second-order valence-electron chi connectivity index (χ2n) is 8.53. The number of anilines is 3. The number of hydrogen-bond donors (Lipinski definition) is 0. The van der Waals surface area contributed by atoms with E-state index in [1.807, 2.05) is 0 Å². The minimum atomic E-state index is 0.236. The monoisotopic (exact) mass is 387 g/mol. The van der Waals surface area contributed by atoms with Gasteiger partial charge in [-0.25, -0.2) is 0 Å². The summed E-state index contributed by atoms with van der Waals surface area (Å²) in [5, 5.41) is 0. The Morgan fingerprint density at radius 1 is 0.567 bits per heavy atom. The summed E-state index contributed by atoms with van der Waals surface area (Å²) in [6, 6.07) is 31.3. The van der Waals surface area contributed by atoms with E-state index in [1.54, 1.807) is 0 Å². The van der Waals surface area contributed by atoms with Gasteiger partial charge in [-0.05, 0) is 68.4 Å². The molecule has 0 unspecified atom stereocenters. The van der Waals surface area contributed by atoms with Crippen LogP contribution in [-0.4, -0.2) is 6.71 Å². The van der Waals surface area contributed by atoms with Crippen molar-refractivity contribution >= 4 is 40.2 Å². The van der Waals surface area contributed by atoms with E-state index in [1.165, 1.54) is 55.7 Å². The molecule has 1 aliphatic heterocycles. The summed E-state index contributed by atoms with van der Waals surface area (Å²) >= 11 is 0. The molecule has 1 nitrogen and oxygen atoms in total. The smallest absolute Gasteiger partial charge is 0.247 e. The lowest BCUT2D eigenvalue weighted by molar-refractivity contribution is 1.26. The molecule has 0 aliphatic carbocycles. The van der Waals surface area contributed by atoms with E-state index in [2.05, 4.69) is 118 Å². The van der Waals surface area contributed by atoms with E-state index < -0.39 is 0 Å². The average Bonchev–Trinajstić information content (AvgIpc) is 2.74. The number of aryl methyl sites for hydroxylation is 4. The van der Waals surface area contributed by atoms with Gasteiger partial charge in [-0.15, -0.1) is 0 Å². The fourth-order valence-corrected chi connectivity index (χ4v) is 4.82. The zero-order valence-corrected chi connectivity index (χ0v) is 18.1. The second kappa shape index (κ2) is 7.21. The molecule has 5 rings (SSSR count). The highest BCUT2D eigenvalue weighted by Gasteiger charge is 2.36. The molecule has 0 bridgehead atoms. The van der Waals surface area contributed by atoms with Crippen molar-refractivity contribution in [2.24, 2.45) is 0 Å². The Balaban J connectivity index is 1.85. The van der Waals surface area contributed by atoms with Crippen molar-refractivity contribution in [3.8, 4) is 0 Å². The normalized spacial score (nSPS) is 12.5. The fraction of sp³-hybridized carbons (Fsp3) is 0.143. The zero-order chi connectivity index (χ0) is 20.8. The molecule has 0 saturated heterocycles. The molecule has 146 valence electrons. The first-order chi connectivity index (χ1) is 14.5. The van der Waals surface area contributed by atoms with Crippen LogP contribution in [0, 0.1) is 27.7 Å². The highest BCUT2D eigenvalue weighted by atomic mass is 15.1. The van der Waals surface area contributed by atoms with Gasteiger partial charge in [0.05, 0.1) is 0 Å². The van der Waals surface area contributed by atoms with Crippen molar-refractivity contribution in [3.63, 3.8) is 0 Å². The molecular weight excluding hydrogens is 361 g/mol. The lowest BCUT2D eigenvalue weighted by Gasteiger charge is -2.38. The summed E-state index contributed by atoms with van der Waals surface area (Å²) in [6.07, 6.45) is 0. The van der Waals surface area contributed by atoms with Crippen molar-refractivity contribution < 1.29 is 0 Å². The van der Waals surface area contributed by atoms with Crippen LogP contribution in [0.2, 0.25) is 0 Å². The fourth-order valence-electron chi connectivity index (χ4n) is 4.82. The molecule has 0 N–H and O–H groups in total. The molecule has 1 heterocycles. The van der Waals surface area contributed by atoms with Gasteiger partial charge >= 0.3 is 0 Å². The van der Waals surface area contributed by atoms with Crippen LogP contribution in [0.5, 0.6) is 0 Å². The van der Waals surface area contributed by atoms with Gasteiger partial charge in [-0.2, -0.15) is 0 Å². The van der Waals surface area contributed by atoms with E-state index in [0.717, 1.165) is 0 Å². The Morgan fingerprint density at radius 3 is 2.03 bits per heavy atom. The van der Waals surface area contributed by atoms with Crippen LogP contribution in [0.4, 0.5) is 17.1 Å². The number of nitrogens with zero attached hydrogens (tertiary/aromatic N) is 1. The van der Waals surface area contributed by atoms with Crippen molar-refractivity contribution in [2.75, 3.05) is 4.90 Å². The molecule has 4 aromatic rings. The van der Waals surface area contributed by atoms with Gasteiger partial charge in [0.1, 0.15) is 0 Å². The van der Waals surface area contributed by atoms with E-state index in [0.29, 0.717) is 0 Å². The zero-order valence-electron chi connectivity index (χ0n) is 18.1. The van der Waals surface area contributed by atoms with E-state index in [4.69, 9.17) is 0 Å². The summed E-state index contributed by atoms with van der Waals surface area (Å²) in [5.41, 5.74) is 13.2. The maximum atomic E-state index is 2.44. The number of hydrogen-bond acceptors (Lipinski definition) is 1. The summed E-state index contributed by atoms with van der Waals surface area (Å²) in [7, 11) is 0. The highest BCUT2D eigenvalue weighted by Crippen LogP contribution is 2.37. The SMILES string of the molecule is Cc1ccc(N2c3cc(C)ccc3B(c3ccccc3C)c3c(C)cccc32)cc1. The van der Waals surface area contributed by atoms with Gasteiger partial charge in [-0.1, -0.05) is 82.8 Å². The first-order valence-corrected chi connectivity index (χ1v) is 10.7. The lowest BCUT2D eigenvalue weighted by atomic mass is 9.34. The van der Waals surface area contributed by atoms with E-state index >= 15 is 0 Å². The molecule has 0 atom stereocenters. The second-order valence-corrected chi connectivity index (χ2v) is 8.53. The summed E-state index contributed by atoms with van der Waals surface area (Å²) in [6.45, 7) is 9.04. The van der Waals surface area contributed by atoms with Crippen molar-refractivity contribution in [1.29, 1.82) is 0 Å². The van der Waals surface area contributed by atoms with Crippen LogP contribution in [-0.2, 0) is 0 Å². The predicted octanol–water partition coefficient (Wildman–Crippen LogP) is 5.22. The number of benzene rings is 4. The van der Waals surface area contributed by atoms with Crippen LogP contribution >= 0.6 is 0 Å². The Labute approximate surface area is 180 Å². The highest BCUT2D eigenvalue weighted by molar-refractivity contribution is 6.98. The van der Waals surface area contributed by atoms with Crippen molar-refractivity contribution in [2.45, 2.75) is 27.7 Å². The standard InChI is InChI=1S/C28H26BN/c1-19-12-15-23(16-13-19)30-26-11-7-9-22(4)28(26)29(24-10-6-5-8-21(24)3)25-17-14-20(2)18-27(25)30/h5-18H,1-4H3. The Morgan fingerprint density at radius 2 is 1.27 bits per heavy atom. The molecule has 4 aromatic carbocycles. The maximum absolute atomic E-state index is 2.44. The summed E-state index contributed by atoms with van der Waals surface area (Å²) in [4.78, 5) is 2.44. The molecule has 0 spiro atoms. The van der Waals surface area contributed by atoms with Gasteiger partial charge < -0.3 is 4.90 Å². The number of rotatable bonds is 2.